The minimum absolute atomic E-state index is 0.139. The van der Waals surface area contributed by atoms with E-state index in [0.717, 1.165) is 18.6 Å². The van der Waals surface area contributed by atoms with Crippen LogP contribution in [0.2, 0.25) is 0 Å². The van der Waals surface area contributed by atoms with Crippen molar-refractivity contribution < 1.29 is 52.2 Å². The summed E-state index contributed by atoms with van der Waals surface area (Å²) in [5.41, 5.74) is 0. The van der Waals surface area contributed by atoms with E-state index in [2.05, 4.69) is 6.92 Å². The molecule has 45 heavy (non-hydrogen) atoms. The maximum Gasteiger partial charge on any atom is 0.305 e. The van der Waals surface area contributed by atoms with Crippen molar-refractivity contribution in [3.05, 3.63) is 30.3 Å². The van der Waals surface area contributed by atoms with E-state index in [1.54, 1.807) is 0 Å². The van der Waals surface area contributed by atoms with Gasteiger partial charge in [-0.05, 0) is 18.6 Å². The van der Waals surface area contributed by atoms with Crippen molar-refractivity contribution in [3.8, 4) is 5.75 Å². The summed E-state index contributed by atoms with van der Waals surface area (Å²) in [5, 5.41) is 0. The van der Waals surface area contributed by atoms with Crippen LogP contribution in [0.5, 0.6) is 5.75 Å². The second kappa shape index (κ2) is 35.0. The maximum atomic E-state index is 11.7. The lowest BCUT2D eigenvalue weighted by Gasteiger charge is -2.09. The molecule has 0 heterocycles. The predicted molar refractivity (Wildman–Crippen MR) is 172 cm³/mol. The molecule has 0 bridgehead atoms. The van der Waals surface area contributed by atoms with Gasteiger partial charge in [0, 0.05) is 6.42 Å². The normalized spacial score (nSPS) is 11.2. The molecular formula is C34H60O11. The second-order valence-corrected chi connectivity index (χ2v) is 10.2. The molecule has 262 valence electrons. The average molecular weight is 645 g/mol. The first-order chi connectivity index (χ1) is 22.3. The molecule has 0 N–H and O–H groups in total. The molecule has 11 heteroatoms. The van der Waals surface area contributed by atoms with E-state index < -0.39 is 0 Å². The number of benzene rings is 1. The fourth-order valence-corrected chi connectivity index (χ4v) is 3.89. The molecule has 0 aliphatic carbocycles. The Morgan fingerprint density at radius 2 is 0.800 bits per heavy atom. The Bertz CT molecular complexity index is 723. The number of rotatable bonds is 36. The van der Waals surface area contributed by atoms with Gasteiger partial charge < -0.3 is 47.4 Å². The molecule has 0 saturated carbocycles. The zero-order chi connectivity index (χ0) is 32.1. The highest BCUT2D eigenvalue weighted by molar-refractivity contribution is 5.69. The third-order valence-electron chi connectivity index (χ3n) is 6.32. The lowest BCUT2D eigenvalue weighted by molar-refractivity contribution is -0.145. The number of carbonyl (C=O) groups excluding carboxylic acids is 1. The van der Waals surface area contributed by atoms with Crippen molar-refractivity contribution in [2.75, 3.05) is 119 Å². The minimum Gasteiger partial charge on any atom is -0.491 e. The molecule has 0 atom stereocenters. The number of ether oxygens (including phenoxy) is 10. The average Bonchev–Trinajstić information content (AvgIpc) is 3.06. The molecule has 11 nitrogen and oxygen atoms in total. The summed E-state index contributed by atoms with van der Waals surface area (Å²) in [6.45, 7) is 11.0. The maximum absolute atomic E-state index is 11.7. The lowest BCUT2D eigenvalue weighted by Crippen LogP contribution is -2.15. The zero-order valence-corrected chi connectivity index (χ0v) is 27.8. The quantitative estimate of drug-likeness (QED) is 0.0737. The SMILES string of the molecule is CCCCCCCCCC(=O)OCCOCCOCCOCCOCCOCCOCCOCCOCCOc1ccccc1. The fraction of sp³-hybridized carbons (Fsp3) is 0.794. The molecule has 0 aromatic heterocycles. The van der Waals surface area contributed by atoms with Crippen LogP contribution in [-0.2, 0) is 47.4 Å². The summed E-state index contributed by atoms with van der Waals surface area (Å²) in [4.78, 5) is 11.7. The Balaban J connectivity index is 1.64. The van der Waals surface area contributed by atoms with Gasteiger partial charge in [-0.25, -0.2) is 0 Å². The van der Waals surface area contributed by atoms with Crippen molar-refractivity contribution >= 4 is 5.97 Å². The highest BCUT2D eigenvalue weighted by Gasteiger charge is 2.03. The predicted octanol–water partition coefficient (Wildman–Crippen LogP) is 4.88. The van der Waals surface area contributed by atoms with Gasteiger partial charge >= 0.3 is 5.97 Å². The fourth-order valence-electron chi connectivity index (χ4n) is 3.89. The van der Waals surface area contributed by atoms with Crippen LogP contribution >= 0.6 is 0 Å². The molecule has 1 aromatic carbocycles. The van der Waals surface area contributed by atoms with Gasteiger partial charge in [0.1, 0.15) is 19.0 Å². The van der Waals surface area contributed by atoms with Gasteiger partial charge in [-0.2, -0.15) is 0 Å². The zero-order valence-electron chi connectivity index (χ0n) is 27.8. The highest BCUT2D eigenvalue weighted by Crippen LogP contribution is 2.09. The molecule has 0 amide bonds. The molecule has 0 aliphatic rings. The minimum atomic E-state index is -0.139. The van der Waals surface area contributed by atoms with Crippen LogP contribution in [-0.4, -0.2) is 125 Å². The third kappa shape index (κ3) is 31.9. The van der Waals surface area contributed by atoms with Crippen molar-refractivity contribution in [2.24, 2.45) is 0 Å². The Labute approximate surface area is 271 Å². The van der Waals surface area contributed by atoms with Gasteiger partial charge in [-0.15, -0.1) is 0 Å². The summed E-state index contributed by atoms with van der Waals surface area (Å²) in [6, 6.07) is 9.67. The number of hydrogen-bond donors (Lipinski definition) is 0. The first-order valence-electron chi connectivity index (χ1n) is 16.8. The molecule has 0 radical (unpaired) electrons. The molecule has 1 aromatic rings. The number of unbranched alkanes of at least 4 members (excludes halogenated alkanes) is 6. The number of esters is 1. The van der Waals surface area contributed by atoms with Crippen LogP contribution in [0.3, 0.4) is 0 Å². The smallest absolute Gasteiger partial charge is 0.305 e. The number of carbonyl (C=O) groups is 1. The lowest BCUT2D eigenvalue weighted by atomic mass is 10.1. The first kappa shape index (κ1) is 41.2. The Morgan fingerprint density at radius 1 is 0.444 bits per heavy atom. The van der Waals surface area contributed by atoms with Crippen molar-refractivity contribution in [3.63, 3.8) is 0 Å². The largest absolute Gasteiger partial charge is 0.491 e. The van der Waals surface area contributed by atoms with Crippen LogP contribution in [0.15, 0.2) is 30.3 Å². The van der Waals surface area contributed by atoms with E-state index in [4.69, 9.17) is 47.4 Å². The van der Waals surface area contributed by atoms with Crippen LogP contribution in [0.4, 0.5) is 0 Å². The number of para-hydroxylation sites is 1. The first-order valence-corrected chi connectivity index (χ1v) is 16.8. The monoisotopic (exact) mass is 644 g/mol. The van der Waals surface area contributed by atoms with Gasteiger partial charge in [0.05, 0.1) is 106 Å². The second-order valence-electron chi connectivity index (χ2n) is 10.2. The van der Waals surface area contributed by atoms with Gasteiger partial charge in [0.2, 0.25) is 0 Å². The van der Waals surface area contributed by atoms with E-state index in [9.17, 15) is 4.79 Å². The van der Waals surface area contributed by atoms with Gasteiger partial charge in [-0.1, -0.05) is 63.6 Å². The summed E-state index contributed by atoms with van der Waals surface area (Å²) in [7, 11) is 0. The summed E-state index contributed by atoms with van der Waals surface area (Å²) in [5.74, 6) is 0.704. The molecule has 0 aliphatic heterocycles. The van der Waals surface area contributed by atoms with Crippen LogP contribution < -0.4 is 4.74 Å². The van der Waals surface area contributed by atoms with Crippen molar-refractivity contribution in [1.29, 1.82) is 0 Å². The highest BCUT2D eigenvalue weighted by atomic mass is 16.6. The molecule has 0 saturated heterocycles. The van der Waals surface area contributed by atoms with Crippen molar-refractivity contribution in [2.45, 2.75) is 58.3 Å². The van der Waals surface area contributed by atoms with E-state index >= 15 is 0 Å². The summed E-state index contributed by atoms with van der Waals surface area (Å²) >= 11 is 0. The van der Waals surface area contributed by atoms with E-state index in [1.807, 2.05) is 30.3 Å². The third-order valence-corrected chi connectivity index (χ3v) is 6.32. The molecule has 1 rings (SSSR count). The van der Waals surface area contributed by atoms with Gasteiger partial charge in [0.15, 0.2) is 0 Å². The van der Waals surface area contributed by atoms with Crippen LogP contribution in [0.1, 0.15) is 58.3 Å². The van der Waals surface area contributed by atoms with Crippen LogP contribution in [0, 0.1) is 0 Å². The van der Waals surface area contributed by atoms with Crippen molar-refractivity contribution in [1.82, 2.24) is 0 Å². The molecule has 0 spiro atoms. The van der Waals surface area contributed by atoms with Gasteiger partial charge in [0.25, 0.3) is 0 Å². The number of hydrogen-bond acceptors (Lipinski definition) is 11. The van der Waals surface area contributed by atoms with E-state index in [1.165, 1.54) is 32.1 Å². The van der Waals surface area contributed by atoms with E-state index in [-0.39, 0.29) is 12.6 Å². The standard InChI is InChI=1S/C34H60O11/c1-2-3-4-5-6-7-11-14-34(35)45-32-30-43-28-26-41-24-22-39-20-18-37-16-15-36-17-19-38-21-23-40-25-27-42-29-31-44-33-12-9-8-10-13-33/h8-10,12-13H,2-7,11,14-32H2,1H3. The summed E-state index contributed by atoms with van der Waals surface area (Å²) < 4.78 is 54.5. The molecular weight excluding hydrogens is 584 g/mol. The Kier molecular flexibility index (Phi) is 32.1. The van der Waals surface area contributed by atoms with Crippen LogP contribution in [0.25, 0.3) is 0 Å². The Morgan fingerprint density at radius 3 is 1.22 bits per heavy atom. The van der Waals surface area contributed by atoms with Gasteiger partial charge in [-0.3, -0.25) is 4.79 Å². The topological polar surface area (TPSA) is 109 Å². The molecule has 0 unspecified atom stereocenters. The summed E-state index contributed by atoms with van der Waals surface area (Å²) in [6.07, 6.45) is 8.81. The Hall–Kier alpha value is -1.83. The van der Waals surface area contributed by atoms with E-state index in [0.29, 0.717) is 119 Å². The molecule has 0 fully saturated rings.